The van der Waals surface area contributed by atoms with Gasteiger partial charge in [0.05, 0.1) is 0 Å². The minimum absolute atomic E-state index is 0.0109. The van der Waals surface area contributed by atoms with Gasteiger partial charge in [-0.25, -0.2) is 0 Å². The highest BCUT2D eigenvalue weighted by Crippen LogP contribution is 2.13. The summed E-state index contributed by atoms with van der Waals surface area (Å²) in [5.74, 6) is -0.0390. The van der Waals surface area contributed by atoms with Crippen LogP contribution in [-0.2, 0) is 0 Å². The fraction of sp³-hybridized carbons (Fsp3) is 0.312. The number of H-pyrrole nitrogens is 1. The molecule has 0 radical (unpaired) electrons. The van der Waals surface area contributed by atoms with Gasteiger partial charge in [0, 0.05) is 29.7 Å². The third-order valence-corrected chi connectivity index (χ3v) is 3.50. The minimum atomic E-state index is -0.391. The van der Waals surface area contributed by atoms with Crippen LogP contribution in [0, 0.1) is 5.92 Å². The van der Waals surface area contributed by atoms with E-state index in [1.807, 2.05) is 20.8 Å². The number of carbonyl (C=O) groups is 1. The summed E-state index contributed by atoms with van der Waals surface area (Å²) in [4.78, 5) is 30.8. The van der Waals surface area contributed by atoms with Gasteiger partial charge in [-0.15, -0.1) is 0 Å². The SMILES string of the molecule is CC(C)[C@H](C)NC(=O)c1ccc(-c2ccncc2)[nH]c1=O. The Balaban J connectivity index is 2.24. The summed E-state index contributed by atoms with van der Waals surface area (Å²) in [6, 6.07) is 6.89. The number of aromatic nitrogens is 2. The van der Waals surface area contributed by atoms with Gasteiger partial charge in [-0.2, -0.15) is 0 Å². The number of hydrogen-bond donors (Lipinski definition) is 2. The highest BCUT2D eigenvalue weighted by molar-refractivity contribution is 5.94. The lowest BCUT2D eigenvalue weighted by molar-refractivity contribution is 0.0929. The molecule has 0 bridgehead atoms. The van der Waals surface area contributed by atoms with Crippen LogP contribution < -0.4 is 10.9 Å². The Labute approximate surface area is 123 Å². The maximum absolute atomic E-state index is 12.1. The first-order valence-corrected chi connectivity index (χ1v) is 6.93. The average molecular weight is 285 g/mol. The maximum atomic E-state index is 12.1. The second-order valence-corrected chi connectivity index (χ2v) is 5.36. The third-order valence-electron chi connectivity index (χ3n) is 3.50. The number of hydrogen-bond acceptors (Lipinski definition) is 3. The lowest BCUT2D eigenvalue weighted by Gasteiger charge is -2.17. The lowest BCUT2D eigenvalue weighted by Crippen LogP contribution is -2.38. The summed E-state index contributed by atoms with van der Waals surface area (Å²) < 4.78 is 0. The summed E-state index contributed by atoms with van der Waals surface area (Å²) in [6.07, 6.45) is 3.30. The molecule has 21 heavy (non-hydrogen) atoms. The van der Waals surface area contributed by atoms with E-state index in [9.17, 15) is 9.59 Å². The summed E-state index contributed by atoms with van der Waals surface area (Å²) >= 11 is 0. The van der Waals surface area contributed by atoms with Gasteiger partial charge < -0.3 is 10.3 Å². The van der Waals surface area contributed by atoms with E-state index in [1.54, 1.807) is 36.7 Å². The van der Waals surface area contributed by atoms with Crippen molar-refractivity contribution in [3.8, 4) is 11.3 Å². The summed E-state index contributed by atoms with van der Waals surface area (Å²) in [6.45, 7) is 5.95. The first kappa shape index (κ1) is 15.0. The van der Waals surface area contributed by atoms with Gasteiger partial charge in [0.2, 0.25) is 0 Å². The predicted octanol–water partition coefficient (Wildman–Crippen LogP) is 2.21. The van der Waals surface area contributed by atoms with Gasteiger partial charge in [0.1, 0.15) is 5.56 Å². The van der Waals surface area contributed by atoms with E-state index >= 15 is 0 Å². The summed E-state index contributed by atoms with van der Waals surface area (Å²) in [5.41, 5.74) is 1.25. The average Bonchev–Trinajstić information content (AvgIpc) is 2.47. The molecule has 0 unspecified atom stereocenters. The van der Waals surface area contributed by atoms with Gasteiger partial charge in [-0.1, -0.05) is 13.8 Å². The van der Waals surface area contributed by atoms with Crippen molar-refractivity contribution in [1.29, 1.82) is 0 Å². The van der Waals surface area contributed by atoms with Crippen molar-refractivity contribution < 1.29 is 4.79 Å². The van der Waals surface area contributed by atoms with Crippen molar-refractivity contribution in [3.05, 3.63) is 52.6 Å². The second kappa shape index (κ2) is 6.35. The van der Waals surface area contributed by atoms with E-state index in [0.29, 0.717) is 11.6 Å². The van der Waals surface area contributed by atoms with Crippen molar-refractivity contribution in [3.63, 3.8) is 0 Å². The first-order valence-electron chi connectivity index (χ1n) is 6.93. The van der Waals surface area contributed by atoms with Gasteiger partial charge in [-0.3, -0.25) is 14.6 Å². The third kappa shape index (κ3) is 3.56. The van der Waals surface area contributed by atoms with Crippen molar-refractivity contribution in [2.24, 2.45) is 5.92 Å². The second-order valence-electron chi connectivity index (χ2n) is 5.36. The first-order chi connectivity index (χ1) is 9.99. The molecule has 2 heterocycles. The van der Waals surface area contributed by atoms with Crippen LogP contribution in [0.5, 0.6) is 0 Å². The minimum Gasteiger partial charge on any atom is -0.349 e. The number of carbonyl (C=O) groups excluding carboxylic acids is 1. The highest BCUT2D eigenvalue weighted by Gasteiger charge is 2.15. The normalized spacial score (nSPS) is 12.2. The number of pyridine rings is 2. The molecule has 5 heteroatoms. The van der Waals surface area contributed by atoms with Crippen molar-refractivity contribution in [1.82, 2.24) is 15.3 Å². The van der Waals surface area contributed by atoms with E-state index in [-0.39, 0.29) is 17.5 Å². The number of nitrogens with one attached hydrogen (secondary N) is 2. The topological polar surface area (TPSA) is 74.8 Å². The molecule has 0 spiro atoms. The van der Waals surface area contributed by atoms with Crippen LogP contribution in [0.2, 0.25) is 0 Å². The van der Waals surface area contributed by atoms with Crippen molar-refractivity contribution in [2.45, 2.75) is 26.8 Å². The summed E-state index contributed by atoms with van der Waals surface area (Å²) in [7, 11) is 0. The van der Waals surface area contributed by atoms with E-state index in [2.05, 4.69) is 15.3 Å². The van der Waals surface area contributed by atoms with Crippen LogP contribution in [0.4, 0.5) is 0 Å². The highest BCUT2D eigenvalue weighted by atomic mass is 16.2. The molecule has 1 amide bonds. The molecule has 5 nitrogen and oxygen atoms in total. The van der Waals surface area contributed by atoms with Crippen LogP contribution >= 0.6 is 0 Å². The molecule has 2 N–H and O–H groups in total. The fourth-order valence-corrected chi connectivity index (χ4v) is 1.80. The lowest BCUT2D eigenvalue weighted by atomic mass is 10.1. The molecule has 0 aliphatic rings. The van der Waals surface area contributed by atoms with Crippen LogP contribution in [0.15, 0.2) is 41.5 Å². The Kier molecular flexibility index (Phi) is 4.52. The predicted molar refractivity (Wildman–Crippen MR) is 82.1 cm³/mol. The zero-order valence-electron chi connectivity index (χ0n) is 12.4. The van der Waals surface area contributed by atoms with E-state index in [1.165, 1.54) is 0 Å². The standard InChI is InChI=1S/C16H19N3O2/c1-10(2)11(3)18-15(20)13-4-5-14(19-16(13)21)12-6-8-17-9-7-12/h4-11H,1-3H3,(H,18,20)(H,19,21)/t11-/m0/s1. The molecule has 0 saturated carbocycles. The van der Waals surface area contributed by atoms with Crippen LogP contribution in [0.1, 0.15) is 31.1 Å². The molecule has 2 aromatic rings. The molecular formula is C16H19N3O2. The van der Waals surface area contributed by atoms with Crippen LogP contribution in [0.3, 0.4) is 0 Å². The Morgan fingerprint density at radius 2 is 1.81 bits per heavy atom. The number of aromatic amines is 1. The number of nitrogens with zero attached hydrogens (tertiary/aromatic N) is 1. The molecule has 0 aliphatic carbocycles. The van der Waals surface area contributed by atoms with E-state index in [4.69, 9.17) is 0 Å². The monoisotopic (exact) mass is 285 g/mol. The largest absolute Gasteiger partial charge is 0.349 e. The maximum Gasteiger partial charge on any atom is 0.261 e. The molecule has 0 aromatic carbocycles. The molecule has 0 saturated heterocycles. The van der Waals surface area contributed by atoms with Crippen LogP contribution in [-0.4, -0.2) is 21.9 Å². The Morgan fingerprint density at radius 3 is 2.38 bits per heavy atom. The molecule has 2 aromatic heterocycles. The number of rotatable bonds is 4. The molecule has 0 fully saturated rings. The van der Waals surface area contributed by atoms with Gasteiger partial charge >= 0.3 is 0 Å². The molecule has 2 rings (SSSR count). The van der Waals surface area contributed by atoms with Crippen molar-refractivity contribution in [2.75, 3.05) is 0 Å². The smallest absolute Gasteiger partial charge is 0.261 e. The summed E-state index contributed by atoms with van der Waals surface area (Å²) in [5, 5.41) is 2.83. The quantitative estimate of drug-likeness (QED) is 0.904. The number of amides is 1. The van der Waals surface area contributed by atoms with Gasteiger partial charge in [0.15, 0.2) is 0 Å². The van der Waals surface area contributed by atoms with E-state index < -0.39 is 5.56 Å². The Hall–Kier alpha value is -2.43. The Bertz CT molecular complexity index is 677. The molecular weight excluding hydrogens is 266 g/mol. The zero-order valence-corrected chi connectivity index (χ0v) is 12.4. The van der Waals surface area contributed by atoms with E-state index in [0.717, 1.165) is 5.56 Å². The van der Waals surface area contributed by atoms with Gasteiger partial charge in [-0.05, 0) is 37.1 Å². The molecule has 110 valence electrons. The van der Waals surface area contributed by atoms with Crippen LogP contribution in [0.25, 0.3) is 11.3 Å². The zero-order chi connectivity index (χ0) is 15.4. The molecule has 0 aliphatic heterocycles. The van der Waals surface area contributed by atoms with Gasteiger partial charge in [0.25, 0.3) is 11.5 Å². The molecule has 1 atom stereocenters. The Morgan fingerprint density at radius 1 is 1.14 bits per heavy atom. The van der Waals surface area contributed by atoms with Crippen molar-refractivity contribution >= 4 is 5.91 Å². The fourth-order valence-electron chi connectivity index (χ4n) is 1.80.